The molecule has 0 spiro atoms. The first-order chi connectivity index (χ1) is 13.1. The van der Waals surface area contributed by atoms with E-state index in [-0.39, 0.29) is 5.12 Å². The number of benzene rings is 1. The van der Waals surface area contributed by atoms with E-state index in [1.807, 2.05) is 6.07 Å². The molecule has 0 aromatic heterocycles. The fraction of sp³-hybridized carbons (Fsp3) is 0.636. The number of thioether (sulfide) groups is 1. The summed E-state index contributed by atoms with van der Waals surface area (Å²) in [5, 5.41) is 0.228. The monoisotopic (exact) mass is 394 g/mol. The summed E-state index contributed by atoms with van der Waals surface area (Å²) in [6.45, 7) is 1.64. The summed E-state index contributed by atoms with van der Waals surface area (Å²) in [5.41, 5.74) is 1.63. The van der Waals surface area contributed by atoms with E-state index < -0.39 is 0 Å². The van der Waals surface area contributed by atoms with Crippen LogP contribution in [0.1, 0.15) is 80.6 Å². The van der Waals surface area contributed by atoms with Crippen molar-refractivity contribution in [2.45, 2.75) is 71.1 Å². The van der Waals surface area contributed by atoms with E-state index in [0.717, 1.165) is 42.6 Å². The molecular weight excluding hydrogens is 360 g/mol. The molecule has 0 fully saturated rings. The molecule has 0 radical (unpaired) electrons. The molecule has 1 aromatic rings. The smallest absolute Gasteiger partial charge is 0.185 e. The van der Waals surface area contributed by atoms with Gasteiger partial charge in [0.25, 0.3) is 0 Å². The standard InChI is InChI=1S/C22H34O4S/c1-18(24)27-14-12-10-8-6-4-5-7-9-11-13-19-15-22(26-3)20(17-23)16-21(19)25-2/h15-17H,4-14H2,1-3H3. The molecule has 5 heteroatoms. The molecule has 27 heavy (non-hydrogen) atoms. The van der Waals surface area contributed by atoms with E-state index in [9.17, 15) is 9.59 Å². The van der Waals surface area contributed by atoms with Crippen LogP contribution in [0.4, 0.5) is 0 Å². The van der Waals surface area contributed by atoms with E-state index in [4.69, 9.17) is 9.47 Å². The first-order valence-electron chi connectivity index (χ1n) is 9.95. The zero-order chi connectivity index (χ0) is 19.9. The van der Waals surface area contributed by atoms with Crippen molar-refractivity contribution < 1.29 is 19.1 Å². The van der Waals surface area contributed by atoms with Gasteiger partial charge in [-0.3, -0.25) is 9.59 Å². The summed E-state index contributed by atoms with van der Waals surface area (Å²) in [7, 11) is 3.22. The minimum absolute atomic E-state index is 0.228. The molecule has 0 atom stereocenters. The molecule has 1 aromatic carbocycles. The highest BCUT2D eigenvalue weighted by molar-refractivity contribution is 8.13. The molecule has 0 saturated heterocycles. The Kier molecular flexibility index (Phi) is 12.7. The van der Waals surface area contributed by atoms with Crippen molar-refractivity contribution in [3.63, 3.8) is 0 Å². The number of methoxy groups -OCH3 is 2. The van der Waals surface area contributed by atoms with Gasteiger partial charge < -0.3 is 9.47 Å². The molecule has 0 N–H and O–H groups in total. The number of hydrogen-bond donors (Lipinski definition) is 0. The Morgan fingerprint density at radius 2 is 1.44 bits per heavy atom. The highest BCUT2D eigenvalue weighted by atomic mass is 32.2. The molecular formula is C22H34O4S. The quantitative estimate of drug-likeness (QED) is 0.276. The second kappa shape index (κ2) is 14.6. The van der Waals surface area contributed by atoms with Crippen LogP contribution in [-0.2, 0) is 11.2 Å². The molecule has 4 nitrogen and oxygen atoms in total. The Bertz CT molecular complexity index is 572. The van der Waals surface area contributed by atoms with E-state index in [1.165, 1.54) is 56.7 Å². The predicted octanol–water partition coefficient (Wildman–Crippen LogP) is 5.85. The van der Waals surface area contributed by atoms with Gasteiger partial charge in [0, 0.05) is 12.7 Å². The first-order valence-corrected chi connectivity index (χ1v) is 10.9. The maximum atomic E-state index is 11.1. The summed E-state index contributed by atoms with van der Waals surface area (Å²) < 4.78 is 10.7. The highest BCUT2D eigenvalue weighted by Crippen LogP contribution is 2.29. The van der Waals surface area contributed by atoms with Crippen LogP contribution in [0.2, 0.25) is 0 Å². The fourth-order valence-corrected chi connectivity index (χ4v) is 3.78. The van der Waals surface area contributed by atoms with Crippen molar-refractivity contribution in [1.29, 1.82) is 0 Å². The zero-order valence-electron chi connectivity index (χ0n) is 17.1. The molecule has 0 amide bonds. The normalized spacial score (nSPS) is 10.6. The van der Waals surface area contributed by atoms with E-state index in [1.54, 1.807) is 27.2 Å². The third-order valence-electron chi connectivity index (χ3n) is 4.66. The molecule has 0 saturated carbocycles. The van der Waals surface area contributed by atoms with Gasteiger partial charge in [-0.15, -0.1) is 0 Å². The van der Waals surface area contributed by atoms with Gasteiger partial charge in [-0.05, 0) is 37.0 Å². The Morgan fingerprint density at radius 3 is 1.96 bits per heavy atom. The van der Waals surface area contributed by atoms with Crippen molar-refractivity contribution >= 4 is 23.2 Å². The van der Waals surface area contributed by atoms with Crippen molar-refractivity contribution in [3.05, 3.63) is 23.3 Å². The largest absolute Gasteiger partial charge is 0.496 e. The average molecular weight is 395 g/mol. The zero-order valence-corrected chi connectivity index (χ0v) is 17.9. The first kappa shape index (κ1) is 23.5. The van der Waals surface area contributed by atoms with Gasteiger partial charge in [0.2, 0.25) is 0 Å². The SMILES string of the molecule is COc1cc(CCCCCCCCCCCSC(C)=O)c(OC)cc1C=O. The third kappa shape index (κ3) is 9.85. The van der Waals surface area contributed by atoms with Crippen LogP contribution in [0.3, 0.4) is 0 Å². The lowest BCUT2D eigenvalue weighted by Crippen LogP contribution is -1.98. The molecule has 0 bridgehead atoms. The number of unbranched alkanes of at least 4 members (excludes halogenated alkanes) is 8. The predicted molar refractivity (Wildman–Crippen MR) is 113 cm³/mol. The van der Waals surface area contributed by atoms with Crippen molar-refractivity contribution in [1.82, 2.24) is 0 Å². The van der Waals surface area contributed by atoms with E-state index in [0.29, 0.717) is 11.3 Å². The second-order valence-corrected chi connectivity index (χ2v) is 8.07. The summed E-state index contributed by atoms with van der Waals surface area (Å²) >= 11 is 1.44. The molecule has 0 heterocycles. The van der Waals surface area contributed by atoms with Crippen LogP contribution in [0.25, 0.3) is 0 Å². The van der Waals surface area contributed by atoms with Gasteiger partial charge in [0.05, 0.1) is 19.8 Å². The van der Waals surface area contributed by atoms with Crippen LogP contribution < -0.4 is 9.47 Å². The van der Waals surface area contributed by atoms with Crippen LogP contribution >= 0.6 is 11.8 Å². The van der Waals surface area contributed by atoms with E-state index >= 15 is 0 Å². The minimum atomic E-state index is 0.228. The van der Waals surface area contributed by atoms with Crippen molar-refractivity contribution in [2.24, 2.45) is 0 Å². The second-order valence-electron chi connectivity index (χ2n) is 6.80. The number of carbonyl (C=O) groups is 2. The van der Waals surface area contributed by atoms with Gasteiger partial charge in [-0.25, -0.2) is 0 Å². The number of hydrogen-bond acceptors (Lipinski definition) is 5. The Hall–Kier alpha value is -1.49. The number of rotatable bonds is 15. The lowest BCUT2D eigenvalue weighted by Gasteiger charge is -2.12. The fourth-order valence-electron chi connectivity index (χ4n) is 3.14. The van der Waals surface area contributed by atoms with Gasteiger partial charge >= 0.3 is 0 Å². The lowest BCUT2D eigenvalue weighted by molar-refractivity contribution is -0.109. The molecule has 0 aliphatic heterocycles. The highest BCUT2D eigenvalue weighted by Gasteiger charge is 2.10. The summed E-state index contributed by atoms with van der Waals surface area (Å²) in [6.07, 6.45) is 12.8. The van der Waals surface area contributed by atoms with Crippen LogP contribution in [0.5, 0.6) is 11.5 Å². The molecule has 1 rings (SSSR count). The Labute approximate surface area is 168 Å². The van der Waals surface area contributed by atoms with Crippen molar-refractivity contribution in [3.8, 4) is 11.5 Å². The number of carbonyl (C=O) groups excluding carboxylic acids is 2. The van der Waals surface area contributed by atoms with Crippen LogP contribution in [0, 0.1) is 0 Å². The minimum Gasteiger partial charge on any atom is -0.496 e. The Morgan fingerprint density at radius 1 is 0.889 bits per heavy atom. The number of aldehydes is 1. The summed E-state index contributed by atoms with van der Waals surface area (Å²) in [6, 6.07) is 3.68. The van der Waals surface area contributed by atoms with Crippen LogP contribution in [0.15, 0.2) is 12.1 Å². The third-order valence-corrected chi connectivity index (χ3v) is 5.55. The molecule has 0 aliphatic rings. The Balaban J connectivity index is 2.14. The maximum Gasteiger partial charge on any atom is 0.185 e. The van der Waals surface area contributed by atoms with Gasteiger partial charge in [-0.1, -0.05) is 56.7 Å². The summed E-state index contributed by atoms with van der Waals surface area (Å²) in [4.78, 5) is 21.9. The van der Waals surface area contributed by atoms with Gasteiger partial charge in [0.1, 0.15) is 11.5 Å². The van der Waals surface area contributed by atoms with Crippen molar-refractivity contribution in [2.75, 3.05) is 20.0 Å². The van der Waals surface area contributed by atoms with Gasteiger partial charge in [0.15, 0.2) is 11.4 Å². The van der Waals surface area contributed by atoms with E-state index in [2.05, 4.69) is 0 Å². The lowest BCUT2D eigenvalue weighted by atomic mass is 10.0. The van der Waals surface area contributed by atoms with Crippen LogP contribution in [-0.4, -0.2) is 31.4 Å². The van der Waals surface area contributed by atoms with Gasteiger partial charge in [-0.2, -0.15) is 0 Å². The number of aryl methyl sites for hydroxylation is 1. The maximum absolute atomic E-state index is 11.1. The summed E-state index contributed by atoms with van der Waals surface area (Å²) in [5.74, 6) is 2.35. The molecule has 152 valence electrons. The number of ether oxygens (including phenoxy) is 2. The average Bonchev–Trinajstić information content (AvgIpc) is 2.67. The molecule has 0 aliphatic carbocycles. The molecule has 0 unspecified atom stereocenters. The topological polar surface area (TPSA) is 52.6 Å².